The van der Waals surface area contributed by atoms with E-state index in [1.165, 1.54) is 11.5 Å². The molecule has 1 aromatic heterocycles. The molecule has 2 aromatic rings. The third-order valence-corrected chi connectivity index (χ3v) is 2.58. The Labute approximate surface area is 86.3 Å². The Bertz CT molecular complexity index is 426. The van der Waals surface area contributed by atoms with Crippen molar-refractivity contribution in [2.75, 3.05) is 12.8 Å². The van der Waals surface area contributed by atoms with Gasteiger partial charge in [0.1, 0.15) is 5.75 Å². The van der Waals surface area contributed by atoms with E-state index in [4.69, 9.17) is 10.5 Å². The van der Waals surface area contributed by atoms with Gasteiger partial charge in [-0.2, -0.15) is 0 Å². The fourth-order valence-electron chi connectivity index (χ4n) is 1.26. The molecular formula is C10H10N2OS. The number of nitrogens with two attached hydrogens (primary N) is 1. The van der Waals surface area contributed by atoms with Crippen LogP contribution in [-0.2, 0) is 0 Å². The molecular weight excluding hydrogens is 196 g/mol. The molecule has 0 amide bonds. The van der Waals surface area contributed by atoms with Crippen LogP contribution in [0.3, 0.4) is 0 Å². The lowest BCUT2D eigenvalue weighted by molar-refractivity contribution is 0.417. The maximum absolute atomic E-state index is 5.80. The molecule has 1 heterocycles. The second-order valence-electron chi connectivity index (χ2n) is 2.87. The molecule has 14 heavy (non-hydrogen) atoms. The second-order valence-corrected chi connectivity index (χ2v) is 3.53. The molecule has 0 unspecified atom stereocenters. The van der Waals surface area contributed by atoms with Crippen LogP contribution in [0.4, 0.5) is 5.69 Å². The van der Waals surface area contributed by atoms with Crippen molar-refractivity contribution in [3.63, 3.8) is 0 Å². The summed E-state index contributed by atoms with van der Waals surface area (Å²) >= 11 is 1.43. The Morgan fingerprint density at radius 2 is 2.21 bits per heavy atom. The van der Waals surface area contributed by atoms with Gasteiger partial charge in [-0.15, -0.1) is 0 Å². The highest BCUT2D eigenvalue weighted by Crippen LogP contribution is 2.28. The van der Waals surface area contributed by atoms with Crippen molar-refractivity contribution in [2.24, 2.45) is 0 Å². The third kappa shape index (κ3) is 1.56. The minimum Gasteiger partial charge on any atom is -0.495 e. The summed E-state index contributed by atoms with van der Waals surface area (Å²) in [5.41, 5.74) is 8.60. The van der Waals surface area contributed by atoms with Crippen LogP contribution in [0, 0.1) is 0 Å². The maximum atomic E-state index is 5.80. The molecule has 2 N–H and O–H groups in total. The Kier molecular flexibility index (Phi) is 2.37. The van der Waals surface area contributed by atoms with E-state index in [0.717, 1.165) is 11.1 Å². The first-order valence-electron chi connectivity index (χ1n) is 4.14. The van der Waals surface area contributed by atoms with Crippen molar-refractivity contribution >= 4 is 17.2 Å². The summed E-state index contributed by atoms with van der Waals surface area (Å²) in [6, 6.07) is 5.73. The van der Waals surface area contributed by atoms with Gasteiger partial charge in [0, 0.05) is 17.1 Å². The predicted octanol–water partition coefficient (Wildman–Crippen LogP) is 2.40. The van der Waals surface area contributed by atoms with Gasteiger partial charge in [-0.25, -0.2) is 4.37 Å². The van der Waals surface area contributed by atoms with Crippen LogP contribution in [-0.4, -0.2) is 11.5 Å². The van der Waals surface area contributed by atoms with E-state index in [2.05, 4.69) is 4.37 Å². The predicted molar refractivity (Wildman–Crippen MR) is 58.5 cm³/mol. The molecule has 0 saturated carbocycles. The molecule has 72 valence electrons. The molecule has 0 fully saturated rings. The van der Waals surface area contributed by atoms with Crippen molar-refractivity contribution < 1.29 is 4.74 Å². The van der Waals surface area contributed by atoms with Gasteiger partial charge in [-0.05, 0) is 29.2 Å². The largest absolute Gasteiger partial charge is 0.495 e. The number of hydrogen-bond donors (Lipinski definition) is 1. The van der Waals surface area contributed by atoms with Gasteiger partial charge in [0.2, 0.25) is 0 Å². The number of nitrogens with zero attached hydrogens (tertiary/aromatic N) is 1. The molecule has 0 aliphatic rings. The number of methoxy groups -OCH3 is 1. The maximum Gasteiger partial charge on any atom is 0.141 e. The zero-order valence-corrected chi connectivity index (χ0v) is 8.54. The first kappa shape index (κ1) is 9.02. The summed E-state index contributed by atoms with van der Waals surface area (Å²) in [6.45, 7) is 0. The van der Waals surface area contributed by atoms with E-state index in [0.29, 0.717) is 11.4 Å². The van der Waals surface area contributed by atoms with Crippen LogP contribution >= 0.6 is 11.5 Å². The van der Waals surface area contributed by atoms with Crippen molar-refractivity contribution in [1.82, 2.24) is 4.37 Å². The monoisotopic (exact) mass is 206 g/mol. The van der Waals surface area contributed by atoms with Crippen molar-refractivity contribution in [3.8, 4) is 16.9 Å². The Morgan fingerprint density at radius 3 is 2.79 bits per heavy atom. The Morgan fingerprint density at radius 1 is 1.36 bits per heavy atom. The summed E-state index contributed by atoms with van der Waals surface area (Å²) in [7, 11) is 1.61. The zero-order valence-electron chi connectivity index (χ0n) is 7.73. The van der Waals surface area contributed by atoms with E-state index in [-0.39, 0.29) is 0 Å². The first-order chi connectivity index (χ1) is 6.81. The summed E-state index contributed by atoms with van der Waals surface area (Å²) < 4.78 is 9.12. The van der Waals surface area contributed by atoms with Gasteiger partial charge in [-0.1, -0.05) is 6.07 Å². The number of ether oxygens (including phenoxy) is 1. The molecule has 0 radical (unpaired) electrons. The second kappa shape index (κ2) is 3.67. The number of aromatic nitrogens is 1. The summed E-state index contributed by atoms with van der Waals surface area (Å²) in [6.07, 6.45) is 1.83. The highest BCUT2D eigenvalue weighted by Gasteiger charge is 2.03. The van der Waals surface area contributed by atoms with Crippen LogP contribution in [0.25, 0.3) is 11.1 Å². The molecule has 3 nitrogen and oxygen atoms in total. The lowest BCUT2D eigenvalue weighted by Gasteiger charge is -2.05. The van der Waals surface area contributed by atoms with E-state index in [1.807, 2.05) is 29.8 Å². The van der Waals surface area contributed by atoms with Gasteiger partial charge in [0.15, 0.2) is 0 Å². The smallest absolute Gasteiger partial charge is 0.141 e. The molecule has 0 saturated heterocycles. The molecule has 0 atom stereocenters. The van der Waals surface area contributed by atoms with Crippen LogP contribution in [0.5, 0.6) is 5.75 Å². The molecule has 4 heteroatoms. The van der Waals surface area contributed by atoms with Crippen LogP contribution in [0.2, 0.25) is 0 Å². The topological polar surface area (TPSA) is 48.1 Å². The standard InChI is InChI=1S/C10H10N2OS/c1-13-10-3-2-7(4-9(10)11)8-5-12-14-6-8/h2-6H,11H2,1H3. The minimum absolute atomic E-state index is 0.649. The lowest BCUT2D eigenvalue weighted by Crippen LogP contribution is -1.92. The number of hydrogen-bond acceptors (Lipinski definition) is 4. The van der Waals surface area contributed by atoms with Crippen LogP contribution < -0.4 is 10.5 Å². The normalized spacial score (nSPS) is 10.1. The third-order valence-electron chi connectivity index (χ3n) is 2.00. The van der Waals surface area contributed by atoms with Gasteiger partial charge in [0.05, 0.1) is 12.8 Å². The lowest BCUT2D eigenvalue weighted by atomic mass is 10.1. The van der Waals surface area contributed by atoms with Crippen molar-refractivity contribution in [3.05, 3.63) is 29.8 Å². The van der Waals surface area contributed by atoms with Crippen molar-refractivity contribution in [1.29, 1.82) is 0 Å². The number of anilines is 1. The zero-order chi connectivity index (χ0) is 9.97. The molecule has 0 aliphatic carbocycles. The molecule has 1 aromatic carbocycles. The SMILES string of the molecule is COc1ccc(-c2cnsc2)cc1N. The Balaban J connectivity index is 2.43. The number of rotatable bonds is 2. The van der Waals surface area contributed by atoms with E-state index in [1.54, 1.807) is 7.11 Å². The fraction of sp³-hybridized carbons (Fsp3) is 0.100. The fourth-order valence-corrected chi connectivity index (χ4v) is 1.81. The van der Waals surface area contributed by atoms with Gasteiger partial charge < -0.3 is 10.5 Å². The Hall–Kier alpha value is -1.55. The van der Waals surface area contributed by atoms with E-state index in [9.17, 15) is 0 Å². The number of nitrogen functional groups attached to an aromatic ring is 1. The highest BCUT2D eigenvalue weighted by molar-refractivity contribution is 7.03. The molecule has 0 aliphatic heterocycles. The molecule has 2 rings (SSSR count). The van der Waals surface area contributed by atoms with Gasteiger partial charge in [-0.3, -0.25) is 0 Å². The average molecular weight is 206 g/mol. The highest BCUT2D eigenvalue weighted by atomic mass is 32.1. The van der Waals surface area contributed by atoms with Gasteiger partial charge in [0.25, 0.3) is 0 Å². The van der Waals surface area contributed by atoms with Gasteiger partial charge >= 0.3 is 0 Å². The summed E-state index contributed by atoms with van der Waals surface area (Å²) in [5, 5.41) is 1.99. The summed E-state index contributed by atoms with van der Waals surface area (Å²) in [4.78, 5) is 0. The number of benzene rings is 1. The average Bonchev–Trinajstić information content (AvgIpc) is 2.70. The van der Waals surface area contributed by atoms with Crippen LogP contribution in [0.1, 0.15) is 0 Å². The van der Waals surface area contributed by atoms with Crippen LogP contribution in [0.15, 0.2) is 29.8 Å². The first-order valence-corrected chi connectivity index (χ1v) is 4.98. The molecule has 0 bridgehead atoms. The van der Waals surface area contributed by atoms with E-state index >= 15 is 0 Å². The van der Waals surface area contributed by atoms with Crippen molar-refractivity contribution in [2.45, 2.75) is 0 Å². The van der Waals surface area contributed by atoms with E-state index < -0.39 is 0 Å². The summed E-state index contributed by atoms with van der Waals surface area (Å²) in [5.74, 6) is 0.705. The molecule has 0 spiro atoms. The minimum atomic E-state index is 0.649. The quantitative estimate of drug-likeness (QED) is 0.767.